The lowest BCUT2D eigenvalue weighted by atomic mass is 10.0. The van der Waals surface area contributed by atoms with E-state index in [2.05, 4.69) is 26.0 Å². The molecule has 1 aliphatic heterocycles. The second-order valence-electron chi connectivity index (χ2n) is 18.9. The molecule has 5 amide bonds. The van der Waals surface area contributed by atoms with Gasteiger partial charge in [0.1, 0.15) is 36.0 Å². The Hall–Kier alpha value is -5.74. The smallest absolute Gasteiger partial charge is 0.303 e. The molecule has 0 bridgehead atoms. The van der Waals surface area contributed by atoms with Crippen LogP contribution in [-0.2, 0) is 67.5 Å². The number of nitrogens with zero attached hydrogens (tertiary/aromatic N) is 1. The van der Waals surface area contributed by atoms with E-state index in [-0.39, 0.29) is 49.1 Å². The molecule has 0 radical (unpaired) electrons. The highest BCUT2D eigenvalue weighted by Crippen LogP contribution is 2.28. The van der Waals surface area contributed by atoms with E-state index in [9.17, 15) is 55.3 Å². The van der Waals surface area contributed by atoms with Crippen molar-refractivity contribution in [3.8, 4) is 0 Å². The molecule has 0 unspecified atom stereocenters. The monoisotopic (exact) mass is 1020 g/mol. The average molecular weight is 1030 g/mol. The van der Waals surface area contributed by atoms with Gasteiger partial charge >= 0.3 is 5.97 Å². The minimum Gasteiger partial charge on any atom is -0.481 e. The molecule has 4 aromatic rings. The number of rotatable bonds is 22. The molecule has 1 saturated heterocycles. The Morgan fingerprint density at radius 2 is 1.39 bits per heavy atom. The predicted molar refractivity (Wildman–Crippen MR) is 266 cm³/mol. The minimum atomic E-state index is -4.37. The molecule has 0 aliphatic carbocycles. The van der Waals surface area contributed by atoms with Crippen LogP contribution in [0.1, 0.15) is 98.9 Å². The average Bonchev–Trinajstić information content (AvgIpc) is 3.91. The first-order valence-electron chi connectivity index (χ1n) is 23.1. The number of aliphatic carboxylic acids is 1. The molecule has 18 nitrogen and oxygen atoms in total. The Kier molecular flexibility index (Phi) is 18.5. The van der Waals surface area contributed by atoms with Crippen LogP contribution in [0.5, 0.6) is 0 Å². The Morgan fingerprint density at radius 3 is 1.99 bits per heavy atom. The maximum Gasteiger partial charge on any atom is 0.303 e. The summed E-state index contributed by atoms with van der Waals surface area (Å²) in [5, 5.41) is 21.4. The van der Waals surface area contributed by atoms with Gasteiger partial charge in [-0.2, -0.15) is 13.1 Å². The van der Waals surface area contributed by atoms with E-state index in [1.165, 1.54) is 40.5 Å². The molecule has 0 saturated carbocycles. The summed E-state index contributed by atoms with van der Waals surface area (Å²) >= 11 is 1.41. The molecule has 1 aromatic heterocycles. The number of hydrogen-bond acceptors (Lipinski definition) is 11. The van der Waals surface area contributed by atoms with Crippen LogP contribution in [0.25, 0.3) is 10.1 Å². The van der Waals surface area contributed by atoms with E-state index in [1.807, 2.05) is 37.3 Å². The van der Waals surface area contributed by atoms with E-state index in [0.717, 1.165) is 20.5 Å². The first-order chi connectivity index (χ1) is 32.7. The number of likely N-dealkylation sites (tertiary alicyclic amines) is 1. The first-order valence-corrected chi connectivity index (χ1v) is 27.0. The van der Waals surface area contributed by atoms with E-state index in [1.54, 1.807) is 53.7 Å². The van der Waals surface area contributed by atoms with Crippen molar-refractivity contribution in [2.24, 2.45) is 0 Å². The number of nitrogens with one attached hydrogen (secondary N) is 5. The molecule has 70 heavy (non-hydrogen) atoms. The Bertz CT molecular complexity index is 2750. The number of sulfonamides is 1. The standard InChI is InChI=1S/C49H64N6O12S3/c1-8-12-37(51-45(59)39(25-32-16-18-33(19-17-32)28-69(63,64)65)54-70(66,67)43-30(3)23-29(2)24-31(43)4)48(62)55-22-11-14-40(55)47(61)52-38(27-35-26-34-13-9-10-15-41(34)68-35)44(58)50-36(20-21-42(56)57)46(60)53-49(5,6)7/h9-10,13,15-19,23-24,26,36-40,54H,8,11-12,14,20-22,25,27-28H2,1-7H3,(H,50,58)(H,51,59)(H,52,61)(H,53,60)(H,56,57)(H,63,64,65)/t36-,37-,38-,39-,40-/m0/s1. The molecule has 7 N–H and O–H groups in total. The van der Waals surface area contributed by atoms with Crippen LogP contribution >= 0.6 is 11.3 Å². The van der Waals surface area contributed by atoms with Gasteiger partial charge in [-0.15, -0.1) is 11.3 Å². The van der Waals surface area contributed by atoms with Crippen molar-refractivity contribution in [2.75, 3.05) is 6.54 Å². The number of aryl methyl sites for hydroxylation is 3. The van der Waals surface area contributed by atoms with Crippen LogP contribution < -0.4 is 26.0 Å². The first kappa shape index (κ1) is 55.2. The molecule has 3 aromatic carbocycles. The maximum atomic E-state index is 14.6. The van der Waals surface area contributed by atoms with Gasteiger partial charge in [0.05, 0.1) is 4.90 Å². The molecule has 1 fully saturated rings. The van der Waals surface area contributed by atoms with Crippen LogP contribution in [0.3, 0.4) is 0 Å². The molecule has 0 spiro atoms. The van der Waals surface area contributed by atoms with Crippen LogP contribution in [0.4, 0.5) is 0 Å². The highest BCUT2D eigenvalue weighted by molar-refractivity contribution is 7.89. The summed E-state index contributed by atoms with van der Waals surface area (Å²) in [7, 11) is -8.71. The summed E-state index contributed by atoms with van der Waals surface area (Å²) in [6.07, 6.45) is 0.261. The molecule has 21 heteroatoms. The molecule has 5 atom stereocenters. The highest BCUT2D eigenvalue weighted by atomic mass is 32.2. The highest BCUT2D eigenvalue weighted by Gasteiger charge is 2.40. The van der Waals surface area contributed by atoms with Crippen LogP contribution in [-0.4, -0.2) is 109 Å². The molecule has 2 heterocycles. The number of thiophene rings is 1. The number of fused-ring (bicyclic) bond motifs is 1. The van der Waals surface area contributed by atoms with Gasteiger partial charge in [-0.3, -0.25) is 33.3 Å². The summed E-state index contributed by atoms with van der Waals surface area (Å²) < 4.78 is 64.0. The molecule has 5 rings (SSSR count). The number of carboxylic acids is 1. The van der Waals surface area contributed by atoms with Crippen molar-refractivity contribution < 1.29 is 55.3 Å². The van der Waals surface area contributed by atoms with Gasteiger partial charge in [-0.1, -0.05) is 73.5 Å². The third-order valence-corrected chi connectivity index (χ3v) is 15.2. The van der Waals surface area contributed by atoms with Gasteiger partial charge in [0.25, 0.3) is 10.1 Å². The van der Waals surface area contributed by atoms with Gasteiger partial charge in [-0.05, 0) is 113 Å². The van der Waals surface area contributed by atoms with Gasteiger partial charge in [0.2, 0.25) is 39.6 Å². The summed E-state index contributed by atoms with van der Waals surface area (Å²) in [5.41, 5.74) is 1.71. The SMILES string of the molecule is CCC[C@H](NC(=O)[C@H](Cc1ccc(CS(=O)(=O)O)cc1)NS(=O)(=O)c1c(C)cc(C)cc1C)C(=O)N1CCC[C@H]1C(=O)N[C@@H](Cc1cc2ccccc2s1)C(=O)N[C@@H](CCC(=O)O)C(=O)NC(C)(C)C. The number of hydrogen-bond donors (Lipinski definition) is 7. The topological polar surface area (TPSA) is 275 Å². The third-order valence-electron chi connectivity index (χ3n) is 11.6. The number of carboxylic acid groups (broad SMARTS) is 1. The number of benzene rings is 3. The van der Waals surface area contributed by atoms with Crippen molar-refractivity contribution in [1.82, 2.24) is 30.9 Å². The lowest BCUT2D eigenvalue weighted by molar-refractivity contribution is -0.142. The fourth-order valence-electron chi connectivity index (χ4n) is 8.65. The van der Waals surface area contributed by atoms with Crippen molar-refractivity contribution in [3.05, 3.63) is 99.4 Å². The van der Waals surface area contributed by atoms with E-state index in [0.29, 0.717) is 29.5 Å². The summed E-state index contributed by atoms with van der Waals surface area (Å²) in [5.74, 6) is -5.28. The quantitative estimate of drug-likeness (QED) is 0.0541. The van der Waals surface area contributed by atoms with E-state index < -0.39 is 104 Å². The maximum absolute atomic E-state index is 14.6. The fraction of sp³-hybridized carbons (Fsp3) is 0.469. The second kappa shape index (κ2) is 23.4. The lowest BCUT2D eigenvalue weighted by Crippen LogP contribution is -2.59. The number of carbonyl (C=O) groups excluding carboxylic acids is 5. The van der Waals surface area contributed by atoms with E-state index in [4.69, 9.17) is 0 Å². The fourth-order valence-corrected chi connectivity index (χ4v) is 12.0. The predicted octanol–water partition coefficient (Wildman–Crippen LogP) is 4.37. The summed E-state index contributed by atoms with van der Waals surface area (Å²) in [6, 6.07) is 12.4. The minimum absolute atomic E-state index is 0.000833. The number of carbonyl (C=O) groups is 6. The van der Waals surface area contributed by atoms with Gasteiger partial charge < -0.3 is 31.3 Å². The lowest BCUT2D eigenvalue weighted by Gasteiger charge is -2.31. The van der Waals surface area contributed by atoms with Crippen LogP contribution in [0.2, 0.25) is 0 Å². The third kappa shape index (κ3) is 15.6. The van der Waals surface area contributed by atoms with Crippen molar-refractivity contribution in [1.29, 1.82) is 0 Å². The Labute approximate surface area is 413 Å². The largest absolute Gasteiger partial charge is 0.481 e. The molecular formula is C49H64N6O12S3. The van der Waals surface area contributed by atoms with Crippen LogP contribution in [0, 0.1) is 20.8 Å². The molecule has 380 valence electrons. The van der Waals surface area contributed by atoms with Gasteiger partial charge in [-0.25, -0.2) is 8.42 Å². The van der Waals surface area contributed by atoms with Gasteiger partial charge in [0, 0.05) is 34.5 Å². The zero-order chi connectivity index (χ0) is 51.7. The van der Waals surface area contributed by atoms with Crippen molar-refractivity contribution in [2.45, 2.75) is 146 Å². The zero-order valence-corrected chi connectivity index (χ0v) is 42.9. The van der Waals surface area contributed by atoms with Crippen molar-refractivity contribution >= 4 is 77.1 Å². The Balaban J connectivity index is 1.41. The zero-order valence-electron chi connectivity index (χ0n) is 40.5. The number of amides is 5. The summed E-state index contributed by atoms with van der Waals surface area (Å²) in [4.78, 5) is 84.6. The molecular weight excluding hydrogens is 961 g/mol. The second-order valence-corrected chi connectivity index (χ2v) is 23.2. The van der Waals surface area contributed by atoms with Gasteiger partial charge in [0.15, 0.2) is 0 Å². The Morgan fingerprint density at radius 1 is 0.771 bits per heavy atom. The van der Waals surface area contributed by atoms with Crippen molar-refractivity contribution in [3.63, 3.8) is 0 Å². The molecule has 1 aliphatic rings. The van der Waals surface area contributed by atoms with E-state index >= 15 is 0 Å². The van der Waals surface area contributed by atoms with Crippen LogP contribution in [0.15, 0.2) is 71.6 Å². The normalized spacial score (nSPS) is 15.9. The summed E-state index contributed by atoms with van der Waals surface area (Å²) in [6.45, 7) is 12.2.